The molecule has 0 saturated carbocycles. The number of hydrogen-bond acceptors (Lipinski definition) is 3. The normalized spacial score (nSPS) is 10.4. The molecule has 0 aliphatic heterocycles. The van der Waals surface area contributed by atoms with Gasteiger partial charge in [-0.2, -0.15) is 0 Å². The van der Waals surface area contributed by atoms with Crippen LogP contribution in [0.2, 0.25) is 0 Å². The van der Waals surface area contributed by atoms with E-state index in [1.54, 1.807) is 30.3 Å². The van der Waals surface area contributed by atoms with Crippen molar-refractivity contribution in [2.75, 3.05) is 7.11 Å². The van der Waals surface area contributed by atoms with Crippen molar-refractivity contribution < 1.29 is 9.53 Å². The molecule has 0 saturated heterocycles. The summed E-state index contributed by atoms with van der Waals surface area (Å²) in [5.41, 5.74) is 3.07. The summed E-state index contributed by atoms with van der Waals surface area (Å²) in [6.07, 6.45) is 3.32. The first-order valence-corrected chi connectivity index (χ1v) is 5.71. The van der Waals surface area contributed by atoms with Gasteiger partial charge < -0.3 is 9.30 Å². The molecule has 1 heterocycles. The molecule has 0 atom stereocenters. The number of carbonyl (C=O) groups is 1. The van der Waals surface area contributed by atoms with Crippen molar-refractivity contribution in [1.82, 2.24) is 9.55 Å². The molecule has 0 unspecified atom stereocenters. The number of methoxy groups -OCH3 is 1. The zero-order valence-electron chi connectivity index (χ0n) is 11.0. The fraction of sp³-hybridized carbons (Fsp3) is 0.286. The zero-order valence-corrected chi connectivity index (χ0v) is 11.0. The Morgan fingerprint density at radius 2 is 2.06 bits per heavy atom. The van der Waals surface area contributed by atoms with Gasteiger partial charge in [0, 0.05) is 13.2 Å². The van der Waals surface area contributed by atoms with Crippen LogP contribution < -0.4 is 4.74 Å². The Morgan fingerprint density at radius 1 is 1.33 bits per heavy atom. The van der Waals surface area contributed by atoms with Crippen molar-refractivity contribution in [2.24, 2.45) is 7.05 Å². The molecule has 1 aromatic heterocycles. The molecular weight excluding hydrogens is 228 g/mol. The number of carbonyl (C=O) groups excluding carboxylic acids is 1. The topological polar surface area (TPSA) is 44.1 Å². The minimum atomic E-state index is -0.115. The molecule has 18 heavy (non-hydrogen) atoms. The van der Waals surface area contributed by atoms with E-state index in [4.69, 9.17) is 4.74 Å². The van der Waals surface area contributed by atoms with E-state index in [0.717, 1.165) is 11.1 Å². The number of aromatic nitrogens is 2. The summed E-state index contributed by atoms with van der Waals surface area (Å²) in [6, 6.07) is 3.71. The third-order valence-corrected chi connectivity index (χ3v) is 3.06. The monoisotopic (exact) mass is 244 g/mol. The maximum atomic E-state index is 12.3. The fourth-order valence-corrected chi connectivity index (χ4v) is 1.90. The van der Waals surface area contributed by atoms with Crippen molar-refractivity contribution in [2.45, 2.75) is 13.8 Å². The maximum absolute atomic E-state index is 12.3. The molecule has 0 aliphatic rings. The van der Waals surface area contributed by atoms with Gasteiger partial charge >= 0.3 is 0 Å². The summed E-state index contributed by atoms with van der Waals surface area (Å²) in [5.74, 6) is 0.515. The molecule has 0 spiro atoms. The Kier molecular flexibility index (Phi) is 3.19. The molecule has 1 aromatic carbocycles. The molecule has 2 aromatic rings. The van der Waals surface area contributed by atoms with Gasteiger partial charge in [-0.1, -0.05) is 6.07 Å². The predicted molar refractivity (Wildman–Crippen MR) is 69.1 cm³/mol. The van der Waals surface area contributed by atoms with Crippen LogP contribution in [0, 0.1) is 13.8 Å². The lowest BCUT2D eigenvalue weighted by atomic mass is 10.0. The summed E-state index contributed by atoms with van der Waals surface area (Å²) in [5, 5.41) is 0. The summed E-state index contributed by atoms with van der Waals surface area (Å²) in [4.78, 5) is 16.4. The fourth-order valence-electron chi connectivity index (χ4n) is 1.90. The van der Waals surface area contributed by atoms with Gasteiger partial charge in [0.05, 0.1) is 19.0 Å². The van der Waals surface area contributed by atoms with E-state index in [1.165, 1.54) is 0 Å². The first kappa shape index (κ1) is 12.4. The SMILES string of the molecule is COc1c(C(=O)c2cn(C)cn2)ccc(C)c1C. The van der Waals surface area contributed by atoms with Crippen molar-refractivity contribution in [3.63, 3.8) is 0 Å². The Labute approximate surface area is 106 Å². The molecule has 4 nitrogen and oxygen atoms in total. The molecule has 0 bridgehead atoms. The average molecular weight is 244 g/mol. The second-order valence-electron chi connectivity index (χ2n) is 4.34. The standard InChI is InChI=1S/C14H16N2O2/c1-9-5-6-11(14(18-4)10(9)2)13(17)12-7-16(3)8-15-12/h5-8H,1-4H3. The van der Waals surface area contributed by atoms with E-state index >= 15 is 0 Å². The number of ether oxygens (including phenoxy) is 1. The van der Waals surface area contributed by atoms with Crippen LogP contribution in [0.3, 0.4) is 0 Å². The van der Waals surface area contributed by atoms with Crippen LogP contribution >= 0.6 is 0 Å². The van der Waals surface area contributed by atoms with E-state index in [9.17, 15) is 4.79 Å². The van der Waals surface area contributed by atoms with E-state index < -0.39 is 0 Å². The van der Waals surface area contributed by atoms with Crippen LogP contribution in [-0.4, -0.2) is 22.4 Å². The third-order valence-electron chi connectivity index (χ3n) is 3.06. The Hall–Kier alpha value is -2.10. The molecule has 0 N–H and O–H groups in total. The van der Waals surface area contributed by atoms with Crippen molar-refractivity contribution >= 4 is 5.78 Å². The Bertz CT molecular complexity index is 600. The lowest BCUT2D eigenvalue weighted by Crippen LogP contribution is -2.06. The van der Waals surface area contributed by atoms with E-state index in [1.807, 2.05) is 27.0 Å². The second-order valence-corrected chi connectivity index (χ2v) is 4.34. The highest BCUT2D eigenvalue weighted by Crippen LogP contribution is 2.27. The molecule has 2 rings (SSSR count). The smallest absolute Gasteiger partial charge is 0.216 e. The second kappa shape index (κ2) is 4.64. The molecule has 94 valence electrons. The van der Waals surface area contributed by atoms with Crippen molar-refractivity contribution in [1.29, 1.82) is 0 Å². The number of rotatable bonds is 3. The van der Waals surface area contributed by atoms with Crippen LogP contribution in [0.1, 0.15) is 27.2 Å². The molecule has 0 aliphatic carbocycles. The highest BCUT2D eigenvalue weighted by Gasteiger charge is 2.18. The van der Waals surface area contributed by atoms with E-state index in [2.05, 4.69) is 4.98 Å². The number of aryl methyl sites for hydroxylation is 2. The Balaban J connectivity index is 2.51. The zero-order chi connectivity index (χ0) is 13.3. The van der Waals surface area contributed by atoms with Crippen LogP contribution in [0.5, 0.6) is 5.75 Å². The van der Waals surface area contributed by atoms with Crippen LogP contribution in [0.4, 0.5) is 0 Å². The Morgan fingerprint density at radius 3 is 2.61 bits per heavy atom. The number of nitrogens with zero attached hydrogens (tertiary/aromatic N) is 2. The largest absolute Gasteiger partial charge is 0.496 e. The van der Waals surface area contributed by atoms with Gasteiger partial charge in [0.1, 0.15) is 11.4 Å². The van der Waals surface area contributed by atoms with Gasteiger partial charge in [0.15, 0.2) is 0 Å². The lowest BCUT2D eigenvalue weighted by Gasteiger charge is -2.11. The van der Waals surface area contributed by atoms with Gasteiger partial charge in [0.25, 0.3) is 0 Å². The maximum Gasteiger partial charge on any atom is 0.216 e. The number of imidazole rings is 1. The van der Waals surface area contributed by atoms with Crippen molar-refractivity contribution in [3.05, 3.63) is 47.0 Å². The quantitative estimate of drug-likeness (QED) is 0.778. The molecule has 0 radical (unpaired) electrons. The van der Waals surface area contributed by atoms with Gasteiger partial charge in [0.2, 0.25) is 5.78 Å². The number of hydrogen-bond donors (Lipinski definition) is 0. The lowest BCUT2D eigenvalue weighted by molar-refractivity contribution is 0.103. The summed E-state index contributed by atoms with van der Waals surface area (Å²) in [6.45, 7) is 3.94. The number of benzene rings is 1. The van der Waals surface area contributed by atoms with Crippen LogP contribution in [-0.2, 0) is 7.05 Å². The van der Waals surface area contributed by atoms with E-state index in [-0.39, 0.29) is 5.78 Å². The first-order valence-electron chi connectivity index (χ1n) is 5.71. The van der Waals surface area contributed by atoms with Gasteiger partial charge in [-0.15, -0.1) is 0 Å². The van der Waals surface area contributed by atoms with E-state index in [0.29, 0.717) is 17.0 Å². The summed E-state index contributed by atoms with van der Waals surface area (Å²) < 4.78 is 7.10. The van der Waals surface area contributed by atoms with Crippen LogP contribution in [0.15, 0.2) is 24.7 Å². The van der Waals surface area contributed by atoms with Gasteiger partial charge in [-0.25, -0.2) is 4.98 Å². The summed E-state index contributed by atoms with van der Waals surface area (Å²) >= 11 is 0. The first-order chi connectivity index (χ1) is 8.54. The third kappa shape index (κ3) is 2.01. The molecule has 0 amide bonds. The van der Waals surface area contributed by atoms with Gasteiger partial charge in [-0.3, -0.25) is 4.79 Å². The molecule has 0 fully saturated rings. The highest BCUT2D eigenvalue weighted by molar-refractivity contribution is 6.09. The predicted octanol–water partition coefficient (Wildman–Crippen LogP) is 2.28. The molecule has 4 heteroatoms. The van der Waals surface area contributed by atoms with Crippen molar-refractivity contribution in [3.8, 4) is 5.75 Å². The summed E-state index contributed by atoms with van der Waals surface area (Å²) in [7, 11) is 3.42. The molecular formula is C14H16N2O2. The minimum absolute atomic E-state index is 0.115. The van der Waals surface area contributed by atoms with Gasteiger partial charge in [-0.05, 0) is 31.0 Å². The highest BCUT2D eigenvalue weighted by atomic mass is 16.5. The average Bonchev–Trinajstić information content (AvgIpc) is 2.78. The number of ketones is 1. The minimum Gasteiger partial charge on any atom is -0.496 e. The van der Waals surface area contributed by atoms with Crippen LogP contribution in [0.25, 0.3) is 0 Å².